The number of aliphatic imine (C=N–C) groups is 1. The Morgan fingerprint density at radius 1 is 1.31 bits per heavy atom. The molecule has 0 aliphatic carbocycles. The van der Waals surface area contributed by atoms with Crippen molar-refractivity contribution in [1.29, 1.82) is 0 Å². The minimum atomic E-state index is 1.00. The van der Waals surface area contributed by atoms with Crippen LogP contribution < -0.4 is 0 Å². The van der Waals surface area contributed by atoms with Crippen LogP contribution in [0.15, 0.2) is 29.4 Å². The lowest BCUT2D eigenvalue weighted by Gasteiger charge is -1.98. The maximum Gasteiger partial charge on any atom is 0.0728 e. The Kier molecular flexibility index (Phi) is 7.80. The third-order valence-electron chi connectivity index (χ3n) is 1.66. The van der Waals surface area contributed by atoms with E-state index < -0.39 is 0 Å². The molecule has 0 amide bonds. The summed E-state index contributed by atoms with van der Waals surface area (Å²) in [4.78, 5) is 4.42. The summed E-state index contributed by atoms with van der Waals surface area (Å²) < 4.78 is 0. The molecule has 0 aliphatic heterocycles. The lowest BCUT2D eigenvalue weighted by atomic mass is 10.2. The van der Waals surface area contributed by atoms with Crippen molar-refractivity contribution in [3.63, 3.8) is 0 Å². The lowest BCUT2D eigenvalue weighted by Crippen LogP contribution is -1.88. The third-order valence-corrected chi connectivity index (χ3v) is 2.67. The van der Waals surface area contributed by atoms with Crippen molar-refractivity contribution in [2.75, 3.05) is 5.75 Å². The molecule has 0 N–H and O–H groups in total. The highest BCUT2D eigenvalue weighted by atomic mass is 32.2. The number of rotatable bonds is 5. The molecule has 0 aliphatic rings. The summed E-state index contributed by atoms with van der Waals surface area (Å²) in [6, 6.07) is 0. The fraction of sp³-hybridized carbons (Fsp3) is 0.545. The van der Waals surface area contributed by atoms with E-state index in [-0.39, 0.29) is 0 Å². The van der Waals surface area contributed by atoms with Gasteiger partial charge in [-0.3, -0.25) is 4.99 Å². The zero-order chi connectivity index (χ0) is 10.1. The van der Waals surface area contributed by atoms with Gasteiger partial charge in [0.25, 0.3) is 0 Å². The van der Waals surface area contributed by atoms with Gasteiger partial charge in [-0.15, -0.1) is 11.8 Å². The summed E-state index contributed by atoms with van der Waals surface area (Å²) in [5.74, 6) is 1.09. The first-order valence-corrected chi connectivity index (χ1v) is 5.77. The summed E-state index contributed by atoms with van der Waals surface area (Å²) in [6.45, 7) is 10.1. The molecule has 0 fully saturated rings. The van der Waals surface area contributed by atoms with Crippen LogP contribution in [-0.4, -0.2) is 10.8 Å². The Labute approximate surface area is 86.0 Å². The van der Waals surface area contributed by atoms with Crippen molar-refractivity contribution < 1.29 is 0 Å². The van der Waals surface area contributed by atoms with Gasteiger partial charge in [0, 0.05) is 6.20 Å². The predicted octanol–water partition coefficient (Wildman–Crippen LogP) is 4.03. The second-order valence-corrected chi connectivity index (χ2v) is 3.91. The van der Waals surface area contributed by atoms with Crippen molar-refractivity contribution in [1.82, 2.24) is 0 Å². The minimum absolute atomic E-state index is 1.00. The molecule has 2 heteroatoms. The molecule has 0 aromatic rings. The number of hydrogen-bond acceptors (Lipinski definition) is 2. The van der Waals surface area contributed by atoms with Crippen LogP contribution in [0.1, 0.15) is 33.6 Å². The van der Waals surface area contributed by atoms with E-state index in [0.29, 0.717) is 0 Å². The molecule has 0 saturated heterocycles. The Bertz CT molecular complexity index is 204. The fourth-order valence-corrected chi connectivity index (χ4v) is 1.51. The molecule has 0 aromatic heterocycles. The molecular weight excluding hydrogens is 178 g/mol. The molecule has 13 heavy (non-hydrogen) atoms. The molecule has 0 rings (SSSR count). The second kappa shape index (κ2) is 8.11. The SMILES string of the molecule is C=C/C(=C\N=C(CC)SCC)CC. The highest BCUT2D eigenvalue weighted by molar-refractivity contribution is 8.13. The average molecular weight is 197 g/mol. The van der Waals surface area contributed by atoms with Crippen molar-refractivity contribution in [3.8, 4) is 0 Å². The first-order chi connectivity index (χ1) is 6.28. The fourth-order valence-electron chi connectivity index (χ4n) is 0.840. The maximum absolute atomic E-state index is 4.42. The summed E-state index contributed by atoms with van der Waals surface area (Å²) in [6.07, 6.45) is 5.81. The average Bonchev–Trinajstić information content (AvgIpc) is 2.17. The first kappa shape index (κ1) is 12.5. The van der Waals surface area contributed by atoms with Crippen molar-refractivity contribution >= 4 is 16.8 Å². The van der Waals surface area contributed by atoms with Gasteiger partial charge in [0.1, 0.15) is 0 Å². The Hall–Kier alpha value is -0.500. The van der Waals surface area contributed by atoms with Gasteiger partial charge in [0.05, 0.1) is 5.04 Å². The van der Waals surface area contributed by atoms with Gasteiger partial charge in [0.2, 0.25) is 0 Å². The quantitative estimate of drug-likeness (QED) is 0.368. The lowest BCUT2D eigenvalue weighted by molar-refractivity contribution is 1.14. The molecule has 0 saturated carbocycles. The van der Waals surface area contributed by atoms with E-state index in [0.717, 1.165) is 18.6 Å². The number of thioether (sulfide) groups is 1. The normalized spacial score (nSPS) is 13.2. The van der Waals surface area contributed by atoms with Crippen molar-refractivity contribution in [3.05, 3.63) is 24.4 Å². The van der Waals surface area contributed by atoms with Gasteiger partial charge >= 0.3 is 0 Å². The van der Waals surface area contributed by atoms with Crippen LogP contribution >= 0.6 is 11.8 Å². The topological polar surface area (TPSA) is 12.4 Å². The molecule has 74 valence electrons. The smallest absolute Gasteiger partial charge is 0.0728 e. The Morgan fingerprint density at radius 3 is 2.38 bits per heavy atom. The number of nitrogens with zero attached hydrogens (tertiary/aromatic N) is 1. The molecule has 0 aromatic carbocycles. The van der Waals surface area contributed by atoms with Gasteiger partial charge in [-0.1, -0.05) is 33.4 Å². The van der Waals surface area contributed by atoms with Crippen LogP contribution in [-0.2, 0) is 0 Å². The van der Waals surface area contributed by atoms with E-state index in [9.17, 15) is 0 Å². The number of hydrogen-bond donors (Lipinski definition) is 0. The van der Waals surface area contributed by atoms with E-state index in [1.54, 1.807) is 0 Å². The zero-order valence-electron chi connectivity index (χ0n) is 8.84. The van der Waals surface area contributed by atoms with Gasteiger partial charge in [-0.25, -0.2) is 0 Å². The molecule has 1 nitrogen and oxygen atoms in total. The minimum Gasteiger partial charge on any atom is -0.254 e. The van der Waals surface area contributed by atoms with Crippen molar-refractivity contribution in [2.24, 2.45) is 4.99 Å². The highest BCUT2D eigenvalue weighted by Crippen LogP contribution is 2.09. The van der Waals surface area contributed by atoms with Crippen LogP contribution in [0, 0.1) is 0 Å². The van der Waals surface area contributed by atoms with E-state index in [4.69, 9.17) is 0 Å². The molecule has 0 atom stereocenters. The Morgan fingerprint density at radius 2 is 2.00 bits per heavy atom. The van der Waals surface area contributed by atoms with Gasteiger partial charge in [-0.2, -0.15) is 0 Å². The molecule has 0 heterocycles. The second-order valence-electron chi connectivity index (χ2n) is 2.57. The van der Waals surface area contributed by atoms with Crippen LogP contribution in [0.5, 0.6) is 0 Å². The van der Waals surface area contributed by atoms with Crippen molar-refractivity contribution in [2.45, 2.75) is 33.6 Å². The molecule has 0 radical (unpaired) electrons. The van der Waals surface area contributed by atoms with E-state index in [1.807, 2.05) is 24.0 Å². The molecule has 0 unspecified atom stereocenters. The summed E-state index contributed by atoms with van der Waals surface area (Å²) in [7, 11) is 0. The zero-order valence-corrected chi connectivity index (χ0v) is 9.66. The van der Waals surface area contributed by atoms with Crippen LogP contribution in [0.3, 0.4) is 0 Å². The number of allylic oxidation sites excluding steroid dienone is 2. The first-order valence-electron chi connectivity index (χ1n) is 4.79. The molecule has 0 bridgehead atoms. The summed E-state index contributed by atoms with van der Waals surface area (Å²) >= 11 is 1.81. The van der Waals surface area contributed by atoms with Gasteiger partial charge in [-0.05, 0) is 24.2 Å². The largest absolute Gasteiger partial charge is 0.254 e. The van der Waals surface area contributed by atoms with E-state index >= 15 is 0 Å². The predicted molar refractivity (Wildman–Crippen MR) is 64.4 cm³/mol. The van der Waals surface area contributed by atoms with Crippen LogP contribution in [0.4, 0.5) is 0 Å². The van der Waals surface area contributed by atoms with Crippen LogP contribution in [0.25, 0.3) is 0 Å². The monoisotopic (exact) mass is 197 g/mol. The maximum atomic E-state index is 4.42. The summed E-state index contributed by atoms with van der Waals surface area (Å²) in [5.41, 5.74) is 1.20. The Balaban J connectivity index is 4.32. The third kappa shape index (κ3) is 5.69. The highest BCUT2D eigenvalue weighted by Gasteiger charge is 1.93. The molecule has 0 spiro atoms. The van der Waals surface area contributed by atoms with E-state index in [2.05, 4.69) is 32.3 Å². The van der Waals surface area contributed by atoms with E-state index in [1.165, 1.54) is 10.6 Å². The van der Waals surface area contributed by atoms with Gasteiger partial charge < -0.3 is 0 Å². The standard InChI is InChI=1S/C11H19NS/c1-5-10(6-2)9-12-11(7-3)13-8-4/h5,9H,1,6-8H2,2-4H3/b10-9+,12-11?. The van der Waals surface area contributed by atoms with Crippen LogP contribution in [0.2, 0.25) is 0 Å². The summed E-state index contributed by atoms with van der Waals surface area (Å²) in [5, 5.41) is 1.20. The molecular formula is C11H19NS. The van der Waals surface area contributed by atoms with Gasteiger partial charge in [0.15, 0.2) is 0 Å².